The van der Waals surface area contributed by atoms with Crippen LogP contribution in [0.4, 0.5) is 0 Å². The highest BCUT2D eigenvalue weighted by Gasteiger charge is 2.29. The molecule has 29 heavy (non-hydrogen) atoms. The molecule has 0 saturated carbocycles. The molecule has 5 nitrogen and oxygen atoms in total. The van der Waals surface area contributed by atoms with Crippen molar-refractivity contribution < 1.29 is 4.79 Å². The first-order valence-corrected chi connectivity index (χ1v) is 10.8. The summed E-state index contributed by atoms with van der Waals surface area (Å²) in [6.45, 7) is 3.35. The molecule has 0 radical (unpaired) electrons. The van der Waals surface area contributed by atoms with Crippen molar-refractivity contribution in [1.82, 2.24) is 19.8 Å². The van der Waals surface area contributed by atoms with Crippen LogP contribution < -0.4 is 0 Å². The van der Waals surface area contributed by atoms with Crippen molar-refractivity contribution in [3.63, 3.8) is 0 Å². The van der Waals surface area contributed by atoms with Gasteiger partial charge in [0, 0.05) is 31.1 Å². The van der Waals surface area contributed by atoms with Crippen molar-refractivity contribution in [1.29, 1.82) is 0 Å². The molecular weight excluding hydrogens is 384 g/mol. The maximum atomic E-state index is 12.8. The first kappa shape index (κ1) is 18.6. The van der Waals surface area contributed by atoms with E-state index in [1.807, 2.05) is 23.1 Å². The number of fused-ring (bicyclic) bond motifs is 2. The van der Waals surface area contributed by atoms with Crippen molar-refractivity contribution in [2.45, 2.75) is 38.3 Å². The van der Waals surface area contributed by atoms with Crippen LogP contribution in [0.5, 0.6) is 0 Å². The standard InChI is InChI=1S/C23H25ClN4O/c24-18-7-8-19-20(14-18)26-23(25-19)21-6-3-11-27(21)13-10-22(29)28-12-9-16-4-1-2-5-17(16)15-28/h1-2,4-5,7-8,14,21H,3,6,9-13,15H2,(H,25,26). The molecule has 0 spiro atoms. The van der Waals surface area contributed by atoms with Crippen molar-refractivity contribution in [2.75, 3.05) is 19.6 Å². The maximum absolute atomic E-state index is 12.8. The first-order valence-electron chi connectivity index (χ1n) is 10.4. The quantitative estimate of drug-likeness (QED) is 0.699. The summed E-state index contributed by atoms with van der Waals surface area (Å²) >= 11 is 6.11. The highest BCUT2D eigenvalue weighted by atomic mass is 35.5. The predicted octanol–water partition coefficient (Wildman–Crippen LogP) is 4.33. The number of carbonyl (C=O) groups excluding carboxylic acids is 1. The van der Waals surface area contributed by atoms with E-state index < -0.39 is 0 Å². The summed E-state index contributed by atoms with van der Waals surface area (Å²) in [6, 6.07) is 14.4. The molecule has 2 aromatic carbocycles. The van der Waals surface area contributed by atoms with Crippen LogP contribution in [0.2, 0.25) is 5.02 Å². The highest BCUT2D eigenvalue weighted by Crippen LogP contribution is 2.32. The molecule has 3 aromatic rings. The van der Waals surface area contributed by atoms with E-state index in [2.05, 4.69) is 34.1 Å². The molecule has 5 rings (SSSR count). The van der Waals surface area contributed by atoms with Crippen molar-refractivity contribution in [2.24, 2.45) is 0 Å². The van der Waals surface area contributed by atoms with Crippen LogP contribution in [0.3, 0.4) is 0 Å². The lowest BCUT2D eigenvalue weighted by Gasteiger charge is -2.30. The van der Waals surface area contributed by atoms with Crippen LogP contribution in [0.25, 0.3) is 11.0 Å². The fourth-order valence-electron chi connectivity index (χ4n) is 4.67. The smallest absolute Gasteiger partial charge is 0.224 e. The van der Waals surface area contributed by atoms with Crippen LogP contribution >= 0.6 is 11.6 Å². The zero-order valence-electron chi connectivity index (χ0n) is 16.4. The first-order chi connectivity index (χ1) is 14.2. The highest BCUT2D eigenvalue weighted by molar-refractivity contribution is 6.31. The molecule has 1 amide bonds. The minimum atomic E-state index is 0.246. The van der Waals surface area contributed by atoms with Gasteiger partial charge in [-0.15, -0.1) is 0 Å². The molecule has 6 heteroatoms. The minimum Gasteiger partial charge on any atom is -0.341 e. The van der Waals surface area contributed by atoms with E-state index in [1.165, 1.54) is 11.1 Å². The number of nitrogens with zero attached hydrogens (tertiary/aromatic N) is 3. The van der Waals surface area contributed by atoms with E-state index in [4.69, 9.17) is 16.6 Å². The third-order valence-electron chi connectivity index (χ3n) is 6.24. The van der Waals surface area contributed by atoms with E-state index in [0.29, 0.717) is 11.4 Å². The van der Waals surface area contributed by atoms with Gasteiger partial charge in [-0.05, 0) is 55.1 Å². The van der Waals surface area contributed by atoms with Crippen LogP contribution in [-0.2, 0) is 17.8 Å². The summed E-state index contributed by atoms with van der Waals surface area (Å²) < 4.78 is 0. The Morgan fingerprint density at radius 2 is 2.03 bits per heavy atom. The average Bonchev–Trinajstić information content (AvgIpc) is 3.37. The zero-order valence-corrected chi connectivity index (χ0v) is 17.2. The monoisotopic (exact) mass is 408 g/mol. The number of rotatable bonds is 4. The molecular formula is C23H25ClN4O. The number of benzene rings is 2. The minimum absolute atomic E-state index is 0.246. The molecule has 1 saturated heterocycles. The van der Waals surface area contributed by atoms with Gasteiger partial charge in [0.15, 0.2) is 0 Å². The number of amides is 1. The number of H-pyrrole nitrogens is 1. The Bertz CT molecular complexity index is 1050. The Morgan fingerprint density at radius 1 is 1.17 bits per heavy atom. The number of nitrogens with one attached hydrogen (secondary N) is 1. The van der Waals surface area contributed by atoms with Gasteiger partial charge < -0.3 is 9.88 Å². The lowest BCUT2D eigenvalue weighted by molar-refractivity contribution is -0.132. The van der Waals surface area contributed by atoms with Gasteiger partial charge in [-0.25, -0.2) is 4.98 Å². The summed E-state index contributed by atoms with van der Waals surface area (Å²) in [5, 5.41) is 0.713. The Morgan fingerprint density at radius 3 is 2.93 bits per heavy atom. The third-order valence-corrected chi connectivity index (χ3v) is 6.47. The molecule has 3 heterocycles. The summed E-state index contributed by atoms with van der Waals surface area (Å²) in [6.07, 6.45) is 3.72. The lowest BCUT2D eigenvalue weighted by atomic mass is 10.00. The summed E-state index contributed by atoms with van der Waals surface area (Å²) in [4.78, 5) is 25.5. The molecule has 150 valence electrons. The van der Waals surface area contributed by atoms with Gasteiger partial charge in [0.1, 0.15) is 5.82 Å². The largest absolute Gasteiger partial charge is 0.341 e. The van der Waals surface area contributed by atoms with Gasteiger partial charge in [0.2, 0.25) is 5.91 Å². The Hall–Kier alpha value is -2.37. The van der Waals surface area contributed by atoms with Crippen LogP contribution in [0.1, 0.15) is 42.3 Å². The summed E-state index contributed by atoms with van der Waals surface area (Å²) in [7, 11) is 0. The van der Waals surface area contributed by atoms with Crippen LogP contribution in [-0.4, -0.2) is 45.3 Å². The van der Waals surface area contributed by atoms with Crippen LogP contribution in [0.15, 0.2) is 42.5 Å². The second-order valence-electron chi connectivity index (χ2n) is 8.06. The second kappa shape index (κ2) is 7.81. The number of likely N-dealkylation sites (tertiary alicyclic amines) is 1. The molecule has 2 aliphatic rings. The second-order valence-corrected chi connectivity index (χ2v) is 8.50. The molecule has 1 fully saturated rings. The van der Waals surface area contributed by atoms with E-state index >= 15 is 0 Å². The summed E-state index contributed by atoms with van der Waals surface area (Å²) in [5.74, 6) is 1.24. The molecule has 0 bridgehead atoms. The van der Waals surface area contributed by atoms with Gasteiger partial charge in [0.25, 0.3) is 0 Å². The molecule has 0 aliphatic carbocycles. The van der Waals surface area contributed by atoms with Gasteiger partial charge in [-0.1, -0.05) is 35.9 Å². The molecule has 1 aromatic heterocycles. The molecule has 1 atom stereocenters. The SMILES string of the molecule is O=C(CCN1CCCC1c1nc2ccc(Cl)cc2[nH]1)N1CCc2ccccc2C1. The molecule has 1 unspecified atom stereocenters. The number of hydrogen-bond donors (Lipinski definition) is 1. The normalized spacial score (nSPS) is 19.6. The van der Waals surface area contributed by atoms with Crippen molar-refractivity contribution in [3.05, 3.63) is 64.4 Å². The zero-order chi connectivity index (χ0) is 19.8. The van der Waals surface area contributed by atoms with E-state index in [1.54, 1.807) is 0 Å². The van der Waals surface area contributed by atoms with E-state index in [0.717, 1.165) is 62.3 Å². The number of carbonyl (C=O) groups is 1. The van der Waals surface area contributed by atoms with Gasteiger partial charge in [-0.2, -0.15) is 0 Å². The van der Waals surface area contributed by atoms with Gasteiger partial charge in [0.05, 0.1) is 17.1 Å². The number of halogens is 1. The van der Waals surface area contributed by atoms with Crippen LogP contribution in [0, 0.1) is 0 Å². The number of imidazole rings is 1. The molecule has 2 aliphatic heterocycles. The van der Waals surface area contributed by atoms with Crippen molar-refractivity contribution in [3.8, 4) is 0 Å². The Labute approximate surface area is 175 Å². The summed E-state index contributed by atoms with van der Waals surface area (Å²) in [5.41, 5.74) is 4.58. The van der Waals surface area contributed by atoms with Crippen molar-refractivity contribution >= 4 is 28.5 Å². The van der Waals surface area contributed by atoms with Gasteiger partial charge >= 0.3 is 0 Å². The Balaban J connectivity index is 1.23. The number of aromatic amines is 1. The van der Waals surface area contributed by atoms with Gasteiger partial charge in [-0.3, -0.25) is 9.69 Å². The average molecular weight is 409 g/mol. The lowest BCUT2D eigenvalue weighted by Crippen LogP contribution is -2.38. The predicted molar refractivity (Wildman–Crippen MR) is 115 cm³/mol. The maximum Gasteiger partial charge on any atom is 0.224 e. The fourth-order valence-corrected chi connectivity index (χ4v) is 4.84. The van der Waals surface area contributed by atoms with E-state index in [9.17, 15) is 4.79 Å². The fraction of sp³-hybridized carbons (Fsp3) is 0.391. The number of hydrogen-bond acceptors (Lipinski definition) is 3. The number of aromatic nitrogens is 2. The Kier molecular flexibility index (Phi) is 5.02. The molecule has 1 N–H and O–H groups in total. The van der Waals surface area contributed by atoms with E-state index in [-0.39, 0.29) is 11.9 Å². The third kappa shape index (κ3) is 3.77. The topological polar surface area (TPSA) is 52.2 Å².